The quantitative estimate of drug-likeness (QED) is 0.911. The molecule has 1 N–H and O–H groups in total. The highest BCUT2D eigenvalue weighted by Crippen LogP contribution is 2.25. The third kappa shape index (κ3) is 2.86. The van der Waals surface area contributed by atoms with Crippen molar-refractivity contribution in [3.8, 4) is 10.6 Å². The number of carbonyl (C=O) groups is 1. The molecule has 0 spiro atoms. The summed E-state index contributed by atoms with van der Waals surface area (Å²) in [6.07, 6.45) is -3.29. The number of thiazole rings is 1. The van der Waals surface area contributed by atoms with Crippen LogP contribution in [0.4, 0.5) is 18.9 Å². The van der Waals surface area contributed by atoms with Crippen molar-refractivity contribution in [3.63, 3.8) is 0 Å². The van der Waals surface area contributed by atoms with Crippen LogP contribution in [0, 0.1) is 0 Å². The van der Waals surface area contributed by atoms with Crippen LogP contribution in [-0.2, 0) is 4.79 Å². The van der Waals surface area contributed by atoms with Gasteiger partial charge < -0.3 is 5.32 Å². The van der Waals surface area contributed by atoms with Gasteiger partial charge in [-0.25, -0.2) is 4.98 Å². The van der Waals surface area contributed by atoms with Crippen LogP contribution in [0.2, 0.25) is 0 Å². The van der Waals surface area contributed by atoms with Gasteiger partial charge in [0.15, 0.2) is 0 Å². The van der Waals surface area contributed by atoms with Gasteiger partial charge in [0, 0.05) is 22.8 Å². The lowest BCUT2D eigenvalue weighted by molar-refractivity contribution is -0.167. The Bertz CT molecular complexity index is 552. The molecule has 0 unspecified atom stereocenters. The van der Waals surface area contributed by atoms with Crippen molar-refractivity contribution in [1.29, 1.82) is 0 Å². The Labute approximate surface area is 104 Å². The van der Waals surface area contributed by atoms with Gasteiger partial charge in [-0.05, 0) is 12.1 Å². The second-order valence-corrected chi connectivity index (χ2v) is 4.26. The molecule has 1 amide bonds. The molecule has 0 fully saturated rings. The average Bonchev–Trinajstić information content (AvgIpc) is 2.81. The Hall–Kier alpha value is -1.89. The number of halogens is 3. The summed E-state index contributed by atoms with van der Waals surface area (Å²) in [6, 6.07) is 6.11. The van der Waals surface area contributed by atoms with Crippen LogP contribution < -0.4 is 5.32 Å². The Kier molecular flexibility index (Phi) is 3.33. The van der Waals surface area contributed by atoms with Crippen LogP contribution in [0.25, 0.3) is 10.6 Å². The maximum absolute atomic E-state index is 12.1. The number of alkyl halides is 3. The van der Waals surface area contributed by atoms with Crippen molar-refractivity contribution in [2.24, 2.45) is 0 Å². The Morgan fingerprint density at radius 3 is 2.72 bits per heavy atom. The van der Waals surface area contributed by atoms with Crippen LogP contribution >= 0.6 is 11.3 Å². The zero-order valence-electron chi connectivity index (χ0n) is 8.86. The molecule has 0 aliphatic heterocycles. The predicted molar refractivity (Wildman–Crippen MR) is 62.2 cm³/mol. The molecule has 0 saturated carbocycles. The molecule has 18 heavy (non-hydrogen) atoms. The topological polar surface area (TPSA) is 42.0 Å². The van der Waals surface area contributed by atoms with Crippen molar-refractivity contribution < 1.29 is 18.0 Å². The minimum Gasteiger partial charge on any atom is -0.318 e. The average molecular weight is 272 g/mol. The highest BCUT2D eigenvalue weighted by molar-refractivity contribution is 7.13. The van der Waals surface area contributed by atoms with E-state index in [9.17, 15) is 18.0 Å². The molecule has 0 saturated heterocycles. The van der Waals surface area contributed by atoms with Crippen molar-refractivity contribution in [1.82, 2.24) is 4.98 Å². The molecule has 1 heterocycles. The fourth-order valence-electron chi connectivity index (χ4n) is 1.30. The zero-order valence-corrected chi connectivity index (χ0v) is 9.68. The molecule has 1 aromatic carbocycles. The van der Waals surface area contributed by atoms with Gasteiger partial charge in [-0.3, -0.25) is 4.79 Å². The second-order valence-electron chi connectivity index (χ2n) is 3.37. The summed E-state index contributed by atoms with van der Waals surface area (Å²) in [5.41, 5.74) is 0.745. The molecule has 2 rings (SSSR count). The van der Waals surface area contributed by atoms with Crippen molar-refractivity contribution >= 4 is 22.9 Å². The lowest BCUT2D eigenvalue weighted by Crippen LogP contribution is -2.29. The molecule has 0 aliphatic carbocycles. The van der Waals surface area contributed by atoms with Gasteiger partial charge in [0.25, 0.3) is 0 Å². The third-order valence-electron chi connectivity index (χ3n) is 2.06. The van der Waals surface area contributed by atoms with Gasteiger partial charge in [-0.15, -0.1) is 11.3 Å². The summed E-state index contributed by atoms with van der Waals surface area (Å²) in [7, 11) is 0. The lowest BCUT2D eigenvalue weighted by Gasteiger charge is -2.08. The first-order valence-corrected chi connectivity index (χ1v) is 5.73. The maximum atomic E-state index is 12.1. The fourth-order valence-corrected chi connectivity index (χ4v) is 1.93. The number of aromatic nitrogens is 1. The van der Waals surface area contributed by atoms with Crippen molar-refractivity contribution in [2.45, 2.75) is 6.18 Å². The van der Waals surface area contributed by atoms with Crippen LogP contribution in [0.5, 0.6) is 0 Å². The summed E-state index contributed by atoms with van der Waals surface area (Å²) in [5.74, 6) is -1.99. The van der Waals surface area contributed by atoms with Crippen LogP contribution in [-0.4, -0.2) is 17.1 Å². The fraction of sp³-hybridized carbons (Fsp3) is 0.0909. The van der Waals surface area contributed by atoms with E-state index in [2.05, 4.69) is 4.98 Å². The number of nitrogens with zero attached hydrogens (tertiary/aromatic N) is 1. The summed E-state index contributed by atoms with van der Waals surface area (Å²) in [5, 5.41) is 4.24. The number of anilines is 1. The number of carbonyl (C=O) groups excluding carboxylic acids is 1. The monoisotopic (exact) mass is 272 g/mol. The maximum Gasteiger partial charge on any atom is 0.471 e. The first kappa shape index (κ1) is 12.6. The van der Waals surface area contributed by atoms with Gasteiger partial charge in [0.2, 0.25) is 0 Å². The predicted octanol–water partition coefficient (Wildman–Crippen LogP) is 3.31. The first-order chi connectivity index (χ1) is 8.47. The highest BCUT2D eigenvalue weighted by atomic mass is 32.1. The molecule has 0 aliphatic rings. The number of rotatable bonds is 2. The van der Waals surface area contributed by atoms with Crippen molar-refractivity contribution in [2.75, 3.05) is 5.32 Å². The SMILES string of the molecule is O=C(Nc1cccc(-c2nccs2)c1)C(F)(F)F. The lowest BCUT2D eigenvalue weighted by atomic mass is 10.2. The van der Waals surface area contributed by atoms with Crippen LogP contribution in [0.15, 0.2) is 35.8 Å². The largest absolute Gasteiger partial charge is 0.471 e. The van der Waals surface area contributed by atoms with Gasteiger partial charge in [0.1, 0.15) is 5.01 Å². The molecule has 0 bridgehead atoms. The number of hydrogen-bond donors (Lipinski definition) is 1. The molecule has 0 radical (unpaired) electrons. The van der Waals surface area contributed by atoms with Gasteiger partial charge in [-0.1, -0.05) is 12.1 Å². The smallest absolute Gasteiger partial charge is 0.318 e. The summed E-state index contributed by atoms with van der Waals surface area (Å²) in [6.45, 7) is 0. The normalized spacial score (nSPS) is 11.3. The third-order valence-corrected chi connectivity index (χ3v) is 2.88. The summed E-state index contributed by atoms with van der Waals surface area (Å²) < 4.78 is 36.3. The second kappa shape index (κ2) is 4.77. The molecule has 1 aromatic heterocycles. The molecule has 94 valence electrons. The van der Waals surface area contributed by atoms with E-state index in [4.69, 9.17) is 0 Å². The van der Waals surface area contributed by atoms with E-state index in [1.54, 1.807) is 29.0 Å². The van der Waals surface area contributed by atoms with E-state index < -0.39 is 12.1 Å². The van der Waals surface area contributed by atoms with Gasteiger partial charge in [0.05, 0.1) is 0 Å². The number of amides is 1. The van der Waals surface area contributed by atoms with Crippen molar-refractivity contribution in [3.05, 3.63) is 35.8 Å². The van der Waals surface area contributed by atoms with Gasteiger partial charge >= 0.3 is 12.1 Å². The zero-order chi connectivity index (χ0) is 13.2. The molecular formula is C11H7F3N2OS. The Balaban J connectivity index is 2.21. The number of nitrogens with one attached hydrogen (secondary N) is 1. The van der Waals surface area contributed by atoms with E-state index >= 15 is 0 Å². The van der Waals surface area contributed by atoms with E-state index in [1.807, 2.05) is 0 Å². The molecule has 7 heteroatoms. The van der Waals surface area contributed by atoms with Crippen LogP contribution in [0.3, 0.4) is 0 Å². The number of hydrogen-bond acceptors (Lipinski definition) is 3. The number of benzene rings is 1. The molecule has 2 aromatic rings. The van der Waals surface area contributed by atoms with Crippen LogP contribution in [0.1, 0.15) is 0 Å². The van der Waals surface area contributed by atoms with E-state index in [1.165, 1.54) is 23.5 Å². The summed E-state index contributed by atoms with van der Waals surface area (Å²) >= 11 is 1.36. The first-order valence-electron chi connectivity index (χ1n) is 4.85. The summed E-state index contributed by atoms with van der Waals surface area (Å²) in [4.78, 5) is 14.8. The molecule has 3 nitrogen and oxygen atoms in total. The minimum absolute atomic E-state index is 0.0880. The standard InChI is InChI=1S/C11H7F3N2OS/c12-11(13,14)10(17)16-8-3-1-2-7(6-8)9-15-4-5-18-9/h1-6H,(H,16,17). The molecular weight excluding hydrogens is 265 g/mol. The van der Waals surface area contributed by atoms with E-state index in [0.717, 1.165) is 0 Å². The van der Waals surface area contributed by atoms with E-state index in [0.29, 0.717) is 10.6 Å². The minimum atomic E-state index is -4.89. The van der Waals surface area contributed by atoms with E-state index in [-0.39, 0.29) is 5.69 Å². The van der Waals surface area contributed by atoms with Gasteiger partial charge in [-0.2, -0.15) is 13.2 Å². The molecule has 0 atom stereocenters. The Morgan fingerprint density at radius 2 is 2.11 bits per heavy atom. The Morgan fingerprint density at radius 1 is 1.33 bits per heavy atom. The highest BCUT2D eigenvalue weighted by Gasteiger charge is 2.38.